The fraction of sp³-hybridized carbons (Fsp3) is 0.588. The third-order valence-corrected chi connectivity index (χ3v) is 4.51. The van der Waals surface area contributed by atoms with Crippen LogP contribution in [0.5, 0.6) is 11.5 Å². The minimum Gasteiger partial charge on any atom is -0.493 e. The van der Waals surface area contributed by atoms with Crippen molar-refractivity contribution in [3.05, 3.63) is 23.5 Å². The molecule has 0 spiro atoms. The molecule has 2 rings (SSSR count). The van der Waals surface area contributed by atoms with Crippen LogP contribution in [0.2, 0.25) is 0 Å². The second-order valence-corrected chi connectivity index (χ2v) is 6.08. The molecule has 0 aliphatic heterocycles. The van der Waals surface area contributed by atoms with Crippen molar-refractivity contribution in [2.24, 2.45) is 11.7 Å². The van der Waals surface area contributed by atoms with Crippen LogP contribution in [0.15, 0.2) is 12.1 Å². The molecular formula is C17H25FN2O3. The molecule has 1 amide bonds. The number of rotatable bonds is 6. The van der Waals surface area contributed by atoms with E-state index in [-0.39, 0.29) is 17.9 Å². The zero-order valence-corrected chi connectivity index (χ0v) is 13.9. The Morgan fingerprint density at radius 3 is 2.57 bits per heavy atom. The summed E-state index contributed by atoms with van der Waals surface area (Å²) >= 11 is 0. The molecule has 3 atom stereocenters. The van der Waals surface area contributed by atoms with Gasteiger partial charge in [0.1, 0.15) is 5.82 Å². The van der Waals surface area contributed by atoms with Crippen molar-refractivity contribution < 1.29 is 18.7 Å². The number of carbonyl (C=O) groups excluding carboxylic acids is 1. The first-order valence-corrected chi connectivity index (χ1v) is 7.92. The van der Waals surface area contributed by atoms with E-state index in [0.717, 1.165) is 19.3 Å². The molecule has 0 heterocycles. The fourth-order valence-electron chi connectivity index (χ4n) is 3.14. The van der Waals surface area contributed by atoms with Crippen LogP contribution in [0.1, 0.15) is 44.2 Å². The highest BCUT2D eigenvalue weighted by molar-refractivity contribution is 5.76. The summed E-state index contributed by atoms with van der Waals surface area (Å²) in [4.78, 5) is 12.2. The van der Waals surface area contributed by atoms with Crippen LogP contribution in [0.25, 0.3) is 0 Å². The number of halogens is 1. The fourth-order valence-corrected chi connectivity index (χ4v) is 3.14. The molecule has 0 aromatic heterocycles. The molecule has 0 radical (unpaired) electrons. The molecule has 6 heteroatoms. The third-order valence-electron chi connectivity index (χ3n) is 4.51. The normalized spacial score (nSPS) is 21.8. The summed E-state index contributed by atoms with van der Waals surface area (Å²) in [6.07, 6.45) is 3.41. The van der Waals surface area contributed by atoms with E-state index in [1.807, 2.05) is 0 Å². The highest BCUT2D eigenvalue weighted by Gasteiger charge is 2.27. The molecule has 1 aromatic carbocycles. The van der Waals surface area contributed by atoms with Crippen LogP contribution in [-0.2, 0) is 4.79 Å². The van der Waals surface area contributed by atoms with Gasteiger partial charge in [0, 0.05) is 24.1 Å². The number of benzene rings is 1. The van der Waals surface area contributed by atoms with Gasteiger partial charge >= 0.3 is 0 Å². The molecule has 1 aliphatic carbocycles. The minimum absolute atomic E-state index is 0.0915. The maximum atomic E-state index is 14.2. The minimum atomic E-state index is -0.458. The SMILES string of the molecule is COc1cc(F)c(C(C)NC(=O)C[C@@H]2CCC[C@H]2N)cc1OC. The molecule has 1 fully saturated rings. The van der Waals surface area contributed by atoms with Crippen molar-refractivity contribution >= 4 is 5.91 Å². The Labute approximate surface area is 136 Å². The second-order valence-electron chi connectivity index (χ2n) is 6.08. The zero-order valence-electron chi connectivity index (χ0n) is 13.9. The van der Waals surface area contributed by atoms with Crippen LogP contribution >= 0.6 is 0 Å². The van der Waals surface area contributed by atoms with Crippen molar-refractivity contribution in [2.75, 3.05) is 14.2 Å². The van der Waals surface area contributed by atoms with Gasteiger partial charge in [0.05, 0.1) is 20.3 Å². The van der Waals surface area contributed by atoms with E-state index in [1.165, 1.54) is 20.3 Å². The molecule has 1 saturated carbocycles. The molecule has 3 N–H and O–H groups in total. The Morgan fingerprint density at radius 2 is 2.00 bits per heavy atom. The summed E-state index contributed by atoms with van der Waals surface area (Å²) in [5.74, 6) is 0.437. The van der Waals surface area contributed by atoms with Gasteiger partial charge in [-0.2, -0.15) is 0 Å². The van der Waals surface area contributed by atoms with Gasteiger partial charge in [-0.25, -0.2) is 4.39 Å². The highest BCUT2D eigenvalue weighted by Crippen LogP contribution is 2.32. The quantitative estimate of drug-likeness (QED) is 0.843. The number of hydrogen-bond donors (Lipinski definition) is 2. The summed E-state index contributed by atoms with van der Waals surface area (Å²) in [6, 6.07) is 2.46. The molecule has 1 unspecified atom stereocenters. The first-order valence-electron chi connectivity index (χ1n) is 7.92. The highest BCUT2D eigenvalue weighted by atomic mass is 19.1. The molecule has 0 saturated heterocycles. The summed E-state index contributed by atoms with van der Waals surface area (Å²) in [5, 5.41) is 2.84. The number of hydrogen-bond acceptors (Lipinski definition) is 4. The smallest absolute Gasteiger partial charge is 0.220 e. The zero-order chi connectivity index (χ0) is 17.0. The number of methoxy groups -OCH3 is 2. The van der Waals surface area contributed by atoms with E-state index in [4.69, 9.17) is 15.2 Å². The predicted octanol–water partition coefficient (Wildman–Crippen LogP) is 2.54. The lowest BCUT2D eigenvalue weighted by atomic mass is 9.99. The summed E-state index contributed by atoms with van der Waals surface area (Å²) < 4.78 is 24.5. The van der Waals surface area contributed by atoms with Gasteiger partial charge in [0.25, 0.3) is 0 Å². The molecule has 23 heavy (non-hydrogen) atoms. The van der Waals surface area contributed by atoms with Crippen LogP contribution in [-0.4, -0.2) is 26.2 Å². The van der Waals surface area contributed by atoms with E-state index in [2.05, 4.69) is 5.32 Å². The first kappa shape index (κ1) is 17.5. The molecule has 1 aromatic rings. The first-order chi connectivity index (χ1) is 11.0. The van der Waals surface area contributed by atoms with Gasteiger partial charge in [0.2, 0.25) is 5.91 Å². The summed E-state index contributed by atoms with van der Waals surface area (Å²) in [7, 11) is 2.94. The van der Waals surface area contributed by atoms with Crippen molar-refractivity contribution in [1.82, 2.24) is 5.32 Å². The van der Waals surface area contributed by atoms with E-state index in [0.29, 0.717) is 23.5 Å². The average Bonchev–Trinajstić information content (AvgIpc) is 2.91. The second kappa shape index (κ2) is 7.64. The number of ether oxygens (including phenoxy) is 2. The maximum Gasteiger partial charge on any atom is 0.220 e. The Balaban J connectivity index is 2.05. The van der Waals surface area contributed by atoms with Gasteiger partial charge in [-0.05, 0) is 31.7 Å². The van der Waals surface area contributed by atoms with E-state index < -0.39 is 11.9 Å². The van der Waals surface area contributed by atoms with E-state index in [9.17, 15) is 9.18 Å². The lowest BCUT2D eigenvalue weighted by molar-refractivity contribution is -0.122. The van der Waals surface area contributed by atoms with Crippen LogP contribution in [0.3, 0.4) is 0 Å². The number of amides is 1. The van der Waals surface area contributed by atoms with Crippen molar-refractivity contribution in [1.29, 1.82) is 0 Å². The summed E-state index contributed by atoms with van der Waals surface area (Å²) in [5.41, 5.74) is 6.36. The molecule has 1 aliphatic rings. The lowest BCUT2D eigenvalue weighted by Gasteiger charge is -2.20. The van der Waals surface area contributed by atoms with Gasteiger partial charge < -0.3 is 20.5 Å². The largest absolute Gasteiger partial charge is 0.493 e. The molecular weight excluding hydrogens is 299 g/mol. The van der Waals surface area contributed by atoms with Crippen molar-refractivity contribution in [2.45, 2.75) is 44.7 Å². The Kier molecular flexibility index (Phi) is 5.82. The number of nitrogens with one attached hydrogen (secondary N) is 1. The van der Waals surface area contributed by atoms with Crippen LogP contribution in [0.4, 0.5) is 4.39 Å². The van der Waals surface area contributed by atoms with Gasteiger partial charge in [0.15, 0.2) is 11.5 Å². The van der Waals surface area contributed by atoms with E-state index >= 15 is 0 Å². The Bertz CT molecular complexity index is 565. The molecule has 5 nitrogen and oxygen atoms in total. The van der Waals surface area contributed by atoms with Crippen LogP contribution in [0, 0.1) is 11.7 Å². The Morgan fingerprint density at radius 1 is 1.35 bits per heavy atom. The van der Waals surface area contributed by atoms with Gasteiger partial charge in [-0.1, -0.05) is 6.42 Å². The monoisotopic (exact) mass is 324 g/mol. The molecule has 128 valence electrons. The van der Waals surface area contributed by atoms with Gasteiger partial charge in [-0.15, -0.1) is 0 Å². The molecule has 0 bridgehead atoms. The summed E-state index contributed by atoms with van der Waals surface area (Å²) in [6.45, 7) is 1.75. The standard InChI is InChI=1S/C17H25FN2O3/c1-10(20-17(21)7-11-5-4-6-14(11)19)12-8-15(22-2)16(23-3)9-13(12)18/h8-11,14H,4-7,19H2,1-3H3,(H,20,21)/t10?,11-,14+/m0/s1. The van der Waals surface area contributed by atoms with Crippen molar-refractivity contribution in [3.63, 3.8) is 0 Å². The van der Waals surface area contributed by atoms with E-state index in [1.54, 1.807) is 13.0 Å². The predicted molar refractivity (Wildman–Crippen MR) is 86.0 cm³/mol. The third kappa shape index (κ3) is 4.13. The van der Waals surface area contributed by atoms with Crippen molar-refractivity contribution in [3.8, 4) is 11.5 Å². The maximum absolute atomic E-state index is 14.2. The number of carbonyl (C=O) groups is 1. The topological polar surface area (TPSA) is 73.6 Å². The number of nitrogens with two attached hydrogens (primary N) is 1. The lowest BCUT2D eigenvalue weighted by Crippen LogP contribution is -2.33. The Hall–Kier alpha value is -1.82. The average molecular weight is 324 g/mol. The van der Waals surface area contributed by atoms with Gasteiger partial charge in [-0.3, -0.25) is 4.79 Å². The van der Waals surface area contributed by atoms with Crippen LogP contribution < -0.4 is 20.5 Å².